The summed E-state index contributed by atoms with van der Waals surface area (Å²) in [5, 5.41) is 11.6. The zero-order valence-corrected chi connectivity index (χ0v) is 9.15. The number of rotatable bonds is 4. The maximum atomic E-state index is 11.2. The Labute approximate surface area is 89.1 Å². The fourth-order valence-corrected chi connectivity index (χ4v) is 1.28. The zero-order valence-electron chi connectivity index (χ0n) is 9.15. The molecular weight excluding hydrogens is 200 g/mol. The number of methoxy groups -OCH3 is 1. The summed E-state index contributed by atoms with van der Waals surface area (Å²) in [5.74, 6) is -0.636. The van der Waals surface area contributed by atoms with Crippen molar-refractivity contribution < 1.29 is 19.4 Å². The molecule has 15 heavy (non-hydrogen) atoms. The third-order valence-electron chi connectivity index (χ3n) is 2.28. The molecule has 0 aliphatic carbocycles. The Hall–Kier alpha value is -0.690. The van der Waals surface area contributed by atoms with Crippen LogP contribution in [0, 0.1) is 0 Å². The Morgan fingerprint density at radius 3 is 2.73 bits per heavy atom. The number of hydrazine groups is 1. The van der Waals surface area contributed by atoms with E-state index < -0.39 is 11.6 Å². The van der Waals surface area contributed by atoms with Gasteiger partial charge in [-0.1, -0.05) is 0 Å². The van der Waals surface area contributed by atoms with Crippen LogP contribution in [-0.2, 0) is 14.3 Å². The highest BCUT2D eigenvalue weighted by Gasteiger charge is 2.31. The van der Waals surface area contributed by atoms with Gasteiger partial charge in [0.05, 0.1) is 20.3 Å². The second kappa shape index (κ2) is 5.41. The molecule has 1 aliphatic rings. The number of carbonyl (C=O) groups excluding carboxylic acids is 1. The van der Waals surface area contributed by atoms with Gasteiger partial charge in [-0.05, 0) is 6.92 Å². The van der Waals surface area contributed by atoms with Crippen LogP contribution in [0.3, 0.4) is 0 Å². The highest BCUT2D eigenvalue weighted by Crippen LogP contribution is 2.04. The van der Waals surface area contributed by atoms with Crippen molar-refractivity contribution in [3.8, 4) is 0 Å². The molecule has 6 heteroatoms. The molecule has 0 radical (unpaired) electrons. The van der Waals surface area contributed by atoms with Gasteiger partial charge in [-0.3, -0.25) is 5.43 Å². The van der Waals surface area contributed by atoms with Crippen LogP contribution in [0.15, 0.2) is 0 Å². The molecule has 0 aromatic rings. The van der Waals surface area contributed by atoms with Gasteiger partial charge in [0.1, 0.15) is 0 Å². The summed E-state index contributed by atoms with van der Waals surface area (Å²) in [6, 6.07) is 0. The Morgan fingerprint density at radius 1 is 1.60 bits per heavy atom. The molecule has 6 nitrogen and oxygen atoms in total. The van der Waals surface area contributed by atoms with E-state index in [1.807, 2.05) is 5.01 Å². The van der Waals surface area contributed by atoms with E-state index >= 15 is 0 Å². The van der Waals surface area contributed by atoms with Crippen molar-refractivity contribution in [1.29, 1.82) is 0 Å². The fourth-order valence-electron chi connectivity index (χ4n) is 1.28. The van der Waals surface area contributed by atoms with Gasteiger partial charge >= 0.3 is 5.97 Å². The summed E-state index contributed by atoms with van der Waals surface area (Å²) in [4.78, 5) is 11.2. The molecule has 1 rings (SSSR count). The average Bonchev–Trinajstić information content (AvgIpc) is 2.27. The molecule has 1 aliphatic heterocycles. The number of nitrogens with one attached hydrogen (secondary N) is 1. The van der Waals surface area contributed by atoms with Crippen molar-refractivity contribution >= 4 is 5.97 Å². The monoisotopic (exact) mass is 218 g/mol. The number of aliphatic hydroxyl groups is 1. The molecular formula is C9H18N2O4. The summed E-state index contributed by atoms with van der Waals surface area (Å²) in [6.45, 7) is 4.38. The summed E-state index contributed by atoms with van der Waals surface area (Å²) in [7, 11) is 1.26. The third kappa shape index (κ3) is 3.75. The first kappa shape index (κ1) is 12.4. The highest BCUT2D eigenvalue weighted by molar-refractivity contribution is 5.78. The standard InChI is InChI=1S/C9H18N2O4/c1-9(13,8(12)14-2)7-10-11-3-5-15-6-4-11/h10,13H,3-7H2,1-2H3. The lowest BCUT2D eigenvalue weighted by molar-refractivity contribution is -0.161. The first-order valence-electron chi connectivity index (χ1n) is 4.93. The van der Waals surface area contributed by atoms with E-state index in [4.69, 9.17) is 4.74 Å². The Bertz CT molecular complexity index is 214. The summed E-state index contributed by atoms with van der Waals surface area (Å²) >= 11 is 0. The number of hydrogen-bond acceptors (Lipinski definition) is 6. The molecule has 2 N–H and O–H groups in total. The largest absolute Gasteiger partial charge is 0.467 e. The van der Waals surface area contributed by atoms with Gasteiger partial charge in [-0.25, -0.2) is 9.80 Å². The number of carbonyl (C=O) groups is 1. The van der Waals surface area contributed by atoms with Crippen molar-refractivity contribution in [1.82, 2.24) is 10.4 Å². The normalized spacial score (nSPS) is 22.1. The van der Waals surface area contributed by atoms with Crippen LogP contribution in [0.4, 0.5) is 0 Å². The SMILES string of the molecule is COC(=O)C(C)(O)CNN1CCOCC1. The van der Waals surface area contributed by atoms with Crippen molar-refractivity contribution in [3.05, 3.63) is 0 Å². The van der Waals surface area contributed by atoms with Crippen molar-refractivity contribution in [2.45, 2.75) is 12.5 Å². The molecule has 0 bridgehead atoms. The number of morpholine rings is 1. The van der Waals surface area contributed by atoms with Crippen LogP contribution in [0.1, 0.15) is 6.92 Å². The number of hydrogen-bond donors (Lipinski definition) is 2. The Kier molecular flexibility index (Phi) is 4.46. The number of nitrogens with zero attached hydrogens (tertiary/aromatic N) is 1. The van der Waals surface area contributed by atoms with E-state index in [1.54, 1.807) is 0 Å². The van der Waals surface area contributed by atoms with Crippen LogP contribution >= 0.6 is 0 Å². The van der Waals surface area contributed by atoms with E-state index in [9.17, 15) is 9.90 Å². The highest BCUT2D eigenvalue weighted by atomic mass is 16.5. The number of ether oxygens (including phenoxy) is 2. The fraction of sp³-hybridized carbons (Fsp3) is 0.889. The van der Waals surface area contributed by atoms with Crippen LogP contribution in [-0.4, -0.2) is 61.6 Å². The summed E-state index contributed by atoms with van der Waals surface area (Å²) in [6.07, 6.45) is 0. The van der Waals surface area contributed by atoms with E-state index in [-0.39, 0.29) is 6.54 Å². The second-order valence-corrected chi connectivity index (χ2v) is 3.70. The van der Waals surface area contributed by atoms with Crippen LogP contribution in [0.2, 0.25) is 0 Å². The molecule has 1 heterocycles. The lowest BCUT2D eigenvalue weighted by Gasteiger charge is -2.30. The average molecular weight is 218 g/mol. The third-order valence-corrected chi connectivity index (χ3v) is 2.28. The van der Waals surface area contributed by atoms with E-state index in [0.717, 1.165) is 13.1 Å². The van der Waals surface area contributed by atoms with Crippen molar-refractivity contribution in [2.75, 3.05) is 40.0 Å². The van der Waals surface area contributed by atoms with Gasteiger partial charge in [0.15, 0.2) is 5.60 Å². The first-order chi connectivity index (χ1) is 7.06. The van der Waals surface area contributed by atoms with Crippen LogP contribution < -0.4 is 5.43 Å². The van der Waals surface area contributed by atoms with Gasteiger partial charge in [0, 0.05) is 19.6 Å². The topological polar surface area (TPSA) is 71.0 Å². The maximum Gasteiger partial charge on any atom is 0.338 e. The van der Waals surface area contributed by atoms with E-state index in [1.165, 1.54) is 14.0 Å². The van der Waals surface area contributed by atoms with Gasteiger partial charge in [0.2, 0.25) is 0 Å². The summed E-state index contributed by atoms with van der Waals surface area (Å²) in [5.41, 5.74) is 1.49. The zero-order chi connectivity index (χ0) is 11.3. The van der Waals surface area contributed by atoms with Crippen LogP contribution in [0.5, 0.6) is 0 Å². The predicted octanol–water partition coefficient (Wildman–Crippen LogP) is -1.25. The van der Waals surface area contributed by atoms with Gasteiger partial charge in [0.25, 0.3) is 0 Å². The lowest BCUT2D eigenvalue weighted by atomic mass is 10.1. The molecule has 0 amide bonds. The van der Waals surface area contributed by atoms with E-state index in [0.29, 0.717) is 13.2 Å². The molecule has 1 fully saturated rings. The molecule has 1 unspecified atom stereocenters. The van der Waals surface area contributed by atoms with Gasteiger partial charge in [-0.2, -0.15) is 0 Å². The predicted molar refractivity (Wildman–Crippen MR) is 53.0 cm³/mol. The van der Waals surface area contributed by atoms with E-state index in [2.05, 4.69) is 10.2 Å². The molecule has 1 atom stereocenters. The summed E-state index contributed by atoms with van der Waals surface area (Å²) < 4.78 is 9.65. The quantitative estimate of drug-likeness (QED) is 0.574. The molecule has 88 valence electrons. The first-order valence-corrected chi connectivity index (χ1v) is 4.93. The smallest absolute Gasteiger partial charge is 0.338 e. The molecule has 0 saturated carbocycles. The van der Waals surface area contributed by atoms with Gasteiger partial charge in [-0.15, -0.1) is 0 Å². The van der Waals surface area contributed by atoms with Crippen LogP contribution in [0.25, 0.3) is 0 Å². The second-order valence-electron chi connectivity index (χ2n) is 3.70. The molecule has 0 spiro atoms. The molecule has 0 aromatic heterocycles. The minimum Gasteiger partial charge on any atom is -0.467 e. The lowest BCUT2D eigenvalue weighted by Crippen LogP contribution is -2.53. The minimum atomic E-state index is -1.49. The van der Waals surface area contributed by atoms with Crippen molar-refractivity contribution in [3.63, 3.8) is 0 Å². The Balaban J connectivity index is 2.31. The number of esters is 1. The maximum absolute atomic E-state index is 11.2. The molecule has 0 aromatic carbocycles. The van der Waals surface area contributed by atoms with Crippen molar-refractivity contribution in [2.24, 2.45) is 0 Å². The minimum absolute atomic E-state index is 0.139. The van der Waals surface area contributed by atoms with Gasteiger partial charge < -0.3 is 14.6 Å². The molecule has 1 saturated heterocycles. The Morgan fingerprint density at radius 2 is 2.20 bits per heavy atom.